The Hall–Kier alpha value is -1.85. The monoisotopic (exact) mass is 181 g/mol. The maximum absolute atomic E-state index is 10.3. The summed E-state index contributed by atoms with van der Waals surface area (Å²) < 4.78 is 1.65. The van der Waals surface area contributed by atoms with Crippen LogP contribution in [0.25, 0.3) is 0 Å². The second-order valence-corrected chi connectivity index (χ2v) is 2.42. The van der Waals surface area contributed by atoms with Gasteiger partial charge in [0.2, 0.25) is 6.41 Å². The number of amidine groups is 1. The van der Waals surface area contributed by atoms with E-state index >= 15 is 0 Å². The van der Waals surface area contributed by atoms with Crippen LogP contribution in [0.2, 0.25) is 0 Å². The molecule has 0 unspecified atom stereocenters. The van der Waals surface area contributed by atoms with Gasteiger partial charge in [-0.1, -0.05) is 0 Å². The Morgan fingerprint density at radius 1 is 1.85 bits per heavy atom. The number of hydrogen-bond acceptors (Lipinski definition) is 3. The van der Waals surface area contributed by atoms with E-state index in [1.165, 1.54) is 0 Å². The highest BCUT2D eigenvalue weighted by Gasteiger charge is 2.10. The van der Waals surface area contributed by atoms with Gasteiger partial charge in [-0.25, -0.2) is 4.98 Å². The number of rotatable bonds is 3. The van der Waals surface area contributed by atoms with Crippen molar-refractivity contribution in [1.82, 2.24) is 9.55 Å². The van der Waals surface area contributed by atoms with Gasteiger partial charge < -0.3 is 15.6 Å². The summed E-state index contributed by atoms with van der Waals surface area (Å²) in [6.45, 7) is 0. The second kappa shape index (κ2) is 3.70. The summed E-state index contributed by atoms with van der Waals surface area (Å²) >= 11 is 0. The fraction of sp³-hybridized carbons (Fsp3) is 0.286. The molecule has 0 saturated heterocycles. The van der Waals surface area contributed by atoms with Crippen molar-refractivity contribution < 1.29 is 4.79 Å². The molecule has 0 saturated carbocycles. The summed E-state index contributed by atoms with van der Waals surface area (Å²) in [7, 11) is 3.32. The Morgan fingerprint density at radius 2 is 2.54 bits per heavy atom. The molecular weight excluding hydrogens is 170 g/mol. The van der Waals surface area contributed by atoms with Crippen LogP contribution in [0.15, 0.2) is 11.3 Å². The van der Waals surface area contributed by atoms with Gasteiger partial charge in [0.05, 0.1) is 6.33 Å². The van der Waals surface area contributed by atoms with E-state index in [4.69, 9.17) is 5.73 Å². The van der Waals surface area contributed by atoms with Gasteiger partial charge in [-0.05, 0) is 0 Å². The van der Waals surface area contributed by atoms with Crippen molar-refractivity contribution in [2.75, 3.05) is 12.4 Å². The number of nitrogens with zero attached hydrogens (tertiary/aromatic N) is 3. The van der Waals surface area contributed by atoms with Gasteiger partial charge >= 0.3 is 0 Å². The predicted molar refractivity (Wildman–Crippen MR) is 49.5 cm³/mol. The van der Waals surface area contributed by atoms with Crippen LogP contribution in [-0.4, -0.2) is 28.8 Å². The molecule has 0 bridgehead atoms. The number of carbonyl (C=O) groups is 1. The zero-order valence-electron chi connectivity index (χ0n) is 7.48. The van der Waals surface area contributed by atoms with Crippen LogP contribution < -0.4 is 11.1 Å². The highest BCUT2D eigenvalue weighted by molar-refractivity contribution is 6.01. The molecular formula is C7H11N5O. The lowest BCUT2D eigenvalue weighted by Gasteiger charge is -2.02. The summed E-state index contributed by atoms with van der Waals surface area (Å²) in [5, 5.41) is 2.50. The van der Waals surface area contributed by atoms with Crippen molar-refractivity contribution in [1.29, 1.82) is 0 Å². The van der Waals surface area contributed by atoms with E-state index in [2.05, 4.69) is 15.3 Å². The molecule has 1 aromatic rings. The summed E-state index contributed by atoms with van der Waals surface area (Å²) in [4.78, 5) is 18.0. The molecule has 0 aliphatic carbocycles. The molecule has 6 heteroatoms. The Morgan fingerprint density at radius 3 is 3.08 bits per heavy atom. The molecule has 1 heterocycles. The third-order valence-corrected chi connectivity index (χ3v) is 1.62. The van der Waals surface area contributed by atoms with E-state index in [1.54, 1.807) is 25.0 Å². The summed E-state index contributed by atoms with van der Waals surface area (Å²) in [5.41, 5.74) is 6.04. The molecule has 70 valence electrons. The maximum atomic E-state index is 10.3. The van der Waals surface area contributed by atoms with Gasteiger partial charge in [-0.15, -0.1) is 0 Å². The van der Waals surface area contributed by atoms with Gasteiger partial charge in [0.15, 0.2) is 0 Å². The van der Waals surface area contributed by atoms with Crippen molar-refractivity contribution in [3.8, 4) is 0 Å². The standard InChI is InChI=1S/C7H11N5O/c1-9-6(8)5-7(11-4-13)12(2)3-10-5/h3-4H,1-2H3,(H2,8,9)(H,11,13). The van der Waals surface area contributed by atoms with Crippen LogP contribution in [-0.2, 0) is 11.8 Å². The van der Waals surface area contributed by atoms with Crippen LogP contribution in [0.4, 0.5) is 5.82 Å². The Balaban J connectivity index is 3.14. The Bertz CT molecular complexity index is 341. The van der Waals surface area contributed by atoms with Crippen molar-refractivity contribution in [3.05, 3.63) is 12.0 Å². The minimum atomic E-state index is 0.296. The number of aryl methyl sites for hydroxylation is 1. The van der Waals surface area contributed by atoms with Crippen LogP contribution >= 0.6 is 0 Å². The summed E-state index contributed by atoms with van der Waals surface area (Å²) in [5.74, 6) is 0.836. The smallest absolute Gasteiger partial charge is 0.212 e. The van der Waals surface area contributed by atoms with E-state index in [0.29, 0.717) is 23.8 Å². The largest absolute Gasteiger partial charge is 0.382 e. The molecule has 0 fully saturated rings. The van der Waals surface area contributed by atoms with Crippen molar-refractivity contribution >= 4 is 18.1 Å². The van der Waals surface area contributed by atoms with E-state index in [1.807, 2.05) is 0 Å². The fourth-order valence-electron chi connectivity index (χ4n) is 0.950. The van der Waals surface area contributed by atoms with Crippen LogP contribution in [0.5, 0.6) is 0 Å². The molecule has 0 aromatic carbocycles. The van der Waals surface area contributed by atoms with Gasteiger partial charge in [0.1, 0.15) is 17.3 Å². The minimum absolute atomic E-state index is 0.296. The predicted octanol–water partition coefficient (Wildman–Crippen LogP) is -0.677. The van der Waals surface area contributed by atoms with Crippen molar-refractivity contribution in [3.63, 3.8) is 0 Å². The van der Waals surface area contributed by atoms with Crippen LogP contribution in [0.3, 0.4) is 0 Å². The molecule has 6 nitrogen and oxygen atoms in total. The molecule has 0 aliphatic heterocycles. The Kier molecular flexibility index (Phi) is 2.63. The molecule has 0 spiro atoms. The molecule has 0 radical (unpaired) electrons. The quantitative estimate of drug-likeness (QED) is 0.368. The molecule has 13 heavy (non-hydrogen) atoms. The van der Waals surface area contributed by atoms with E-state index in [9.17, 15) is 4.79 Å². The number of aromatic nitrogens is 2. The topological polar surface area (TPSA) is 85.3 Å². The first-order valence-electron chi connectivity index (χ1n) is 3.64. The van der Waals surface area contributed by atoms with Gasteiger partial charge in [0, 0.05) is 14.1 Å². The summed E-state index contributed by atoms with van der Waals surface area (Å²) in [6.07, 6.45) is 2.13. The summed E-state index contributed by atoms with van der Waals surface area (Å²) in [6, 6.07) is 0. The lowest BCUT2D eigenvalue weighted by molar-refractivity contribution is -0.105. The number of hydrogen-bond donors (Lipinski definition) is 2. The fourth-order valence-corrected chi connectivity index (χ4v) is 0.950. The average molecular weight is 181 g/mol. The lowest BCUT2D eigenvalue weighted by atomic mass is 10.4. The second-order valence-electron chi connectivity index (χ2n) is 2.42. The highest BCUT2D eigenvalue weighted by Crippen LogP contribution is 2.10. The first kappa shape index (κ1) is 9.24. The average Bonchev–Trinajstić information content (AvgIpc) is 2.48. The van der Waals surface area contributed by atoms with E-state index in [0.717, 1.165) is 0 Å². The number of nitrogens with two attached hydrogens (primary N) is 1. The molecule has 1 aromatic heterocycles. The number of amides is 1. The molecule has 3 N–H and O–H groups in total. The van der Waals surface area contributed by atoms with Gasteiger partial charge in [0.25, 0.3) is 0 Å². The zero-order valence-corrected chi connectivity index (χ0v) is 7.48. The molecule has 0 atom stereocenters. The van der Waals surface area contributed by atoms with E-state index < -0.39 is 0 Å². The number of nitrogens with one attached hydrogen (secondary N) is 1. The minimum Gasteiger partial charge on any atom is -0.382 e. The highest BCUT2D eigenvalue weighted by atomic mass is 16.1. The number of imidazole rings is 1. The molecule has 1 rings (SSSR count). The number of carbonyl (C=O) groups excluding carboxylic acids is 1. The molecule has 1 amide bonds. The van der Waals surface area contributed by atoms with Gasteiger partial charge in [-0.2, -0.15) is 0 Å². The third kappa shape index (κ3) is 1.66. The zero-order chi connectivity index (χ0) is 9.84. The van der Waals surface area contributed by atoms with Crippen molar-refractivity contribution in [2.24, 2.45) is 17.8 Å². The normalized spacial score (nSPS) is 11.4. The van der Waals surface area contributed by atoms with Crippen LogP contribution in [0.1, 0.15) is 5.69 Å². The third-order valence-electron chi connectivity index (χ3n) is 1.62. The lowest BCUT2D eigenvalue weighted by Crippen LogP contribution is -2.16. The van der Waals surface area contributed by atoms with Gasteiger partial charge in [-0.3, -0.25) is 9.79 Å². The van der Waals surface area contributed by atoms with Crippen molar-refractivity contribution in [2.45, 2.75) is 0 Å². The number of aliphatic imine (C=N–C) groups is 1. The van der Waals surface area contributed by atoms with Crippen LogP contribution in [0, 0.1) is 0 Å². The Labute approximate surface area is 75.5 Å². The first-order chi connectivity index (χ1) is 6.20. The first-order valence-corrected chi connectivity index (χ1v) is 3.64. The SMILES string of the molecule is C/N=C(/N)c1ncn(C)c1NC=O. The maximum Gasteiger partial charge on any atom is 0.212 e. The number of anilines is 1. The van der Waals surface area contributed by atoms with E-state index in [-0.39, 0.29) is 0 Å². The molecule has 0 aliphatic rings.